The van der Waals surface area contributed by atoms with E-state index in [1.165, 1.54) is 7.05 Å². The van der Waals surface area contributed by atoms with Crippen molar-refractivity contribution >= 4 is 17.3 Å². The summed E-state index contributed by atoms with van der Waals surface area (Å²) in [5.41, 5.74) is -2.25. The summed E-state index contributed by atoms with van der Waals surface area (Å²) < 4.78 is 1.70. The van der Waals surface area contributed by atoms with Gasteiger partial charge in [-0.05, 0) is 18.6 Å². The van der Waals surface area contributed by atoms with Crippen LogP contribution in [0.4, 0.5) is 0 Å². The quantitative estimate of drug-likeness (QED) is 0.484. The van der Waals surface area contributed by atoms with Crippen LogP contribution in [-0.2, 0) is 16.6 Å². The van der Waals surface area contributed by atoms with Crippen molar-refractivity contribution in [3.05, 3.63) is 62.4 Å². The maximum Gasteiger partial charge on any atom is 0.351 e. The maximum absolute atomic E-state index is 12.7. The first-order valence-electron chi connectivity index (χ1n) is 7.67. The highest BCUT2D eigenvalue weighted by molar-refractivity contribution is 6.25. The summed E-state index contributed by atoms with van der Waals surface area (Å²) >= 11 is 0. The monoisotopic (exact) mass is 341 g/mol. The molecule has 0 amide bonds. The highest BCUT2D eigenvalue weighted by Crippen LogP contribution is 2.22. The average Bonchev–Trinajstić information content (AvgIpc) is 2.59. The lowest BCUT2D eigenvalue weighted by Crippen LogP contribution is -2.41. The summed E-state index contributed by atoms with van der Waals surface area (Å²) in [5, 5.41) is 14.2. The third-order valence-corrected chi connectivity index (χ3v) is 3.96. The van der Waals surface area contributed by atoms with Crippen LogP contribution in [0.3, 0.4) is 0 Å². The minimum Gasteiger partial charge on any atom is -0.505 e. The predicted molar refractivity (Wildman–Crippen MR) is 88.5 cm³/mol. The Morgan fingerprint density at radius 2 is 1.64 bits per heavy atom. The number of rotatable bonds is 2. The number of aliphatic hydroxyl groups excluding tert-OH is 1. The zero-order chi connectivity index (χ0) is 18.1. The molecule has 0 spiro atoms. The maximum atomic E-state index is 12.7. The van der Waals surface area contributed by atoms with Crippen LogP contribution >= 0.6 is 0 Å². The van der Waals surface area contributed by atoms with Gasteiger partial charge in [0.25, 0.3) is 5.56 Å². The number of ketones is 2. The van der Waals surface area contributed by atoms with Gasteiger partial charge in [-0.3, -0.25) is 14.4 Å². The van der Waals surface area contributed by atoms with Gasteiger partial charge in [0.05, 0.1) is 5.69 Å². The molecule has 1 N–H and O–H groups in total. The van der Waals surface area contributed by atoms with Crippen molar-refractivity contribution in [2.75, 3.05) is 0 Å². The number of benzene rings is 1. The van der Waals surface area contributed by atoms with Gasteiger partial charge in [-0.15, -0.1) is 0 Å². The van der Waals surface area contributed by atoms with Gasteiger partial charge in [-0.25, -0.2) is 14.0 Å². The van der Waals surface area contributed by atoms with Crippen LogP contribution in [0, 0.1) is 0 Å². The summed E-state index contributed by atoms with van der Waals surface area (Å²) in [5.74, 6) is -1.84. The van der Waals surface area contributed by atoms with E-state index in [-0.39, 0.29) is 18.5 Å². The number of aryl methyl sites for hydroxylation is 1. The molecule has 1 aliphatic rings. The summed E-state index contributed by atoms with van der Waals surface area (Å²) in [6.45, 7) is 0. The normalized spacial score (nSPS) is 14.7. The van der Waals surface area contributed by atoms with E-state index >= 15 is 0 Å². The van der Waals surface area contributed by atoms with E-state index in [1.54, 1.807) is 30.3 Å². The van der Waals surface area contributed by atoms with Gasteiger partial charge >= 0.3 is 5.69 Å². The number of hydrogen-bond acceptors (Lipinski definition) is 6. The van der Waals surface area contributed by atoms with Crippen LogP contribution in [-0.4, -0.2) is 31.0 Å². The number of carbonyl (C=O) groups is 2. The molecule has 1 aliphatic carbocycles. The van der Waals surface area contributed by atoms with Crippen LogP contribution in [0.25, 0.3) is 11.4 Å². The summed E-state index contributed by atoms with van der Waals surface area (Å²) in [6.07, 6.45) is 0.636. The second-order valence-electron chi connectivity index (χ2n) is 5.65. The smallest absolute Gasteiger partial charge is 0.351 e. The zero-order valence-electron chi connectivity index (χ0n) is 13.4. The fourth-order valence-corrected chi connectivity index (χ4v) is 2.72. The molecule has 1 aromatic carbocycles. The van der Waals surface area contributed by atoms with Crippen molar-refractivity contribution in [2.45, 2.75) is 19.3 Å². The van der Waals surface area contributed by atoms with E-state index in [0.717, 1.165) is 9.25 Å². The molecule has 8 nitrogen and oxygen atoms in total. The fourth-order valence-electron chi connectivity index (χ4n) is 2.72. The van der Waals surface area contributed by atoms with E-state index in [0.29, 0.717) is 6.42 Å². The molecular weight excluding hydrogens is 326 g/mol. The number of aromatic nitrogens is 3. The van der Waals surface area contributed by atoms with E-state index in [9.17, 15) is 24.3 Å². The lowest BCUT2D eigenvalue weighted by Gasteiger charge is -2.14. The molecule has 3 rings (SSSR count). The first-order valence-corrected chi connectivity index (χ1v) is 7.67. The lowest BCUT2D eigenvalue weighted by atomic mass is 9.91. The van der Waals surface area contributed by atoms with Crippen molar-refractivity contribution in [3.63, 3.8) is 0 Å². The van der Waals surface area contributed by atoms with Crippen LogP contribution < -0.4 is 11.2 Å². The molecule has 1 saturated carbocycles. The molecule has 2 aromatic rings. The van der Waals surface area contributed by atoms with Crippen LogP contribution in [0.2, 0.25) is 0 Å². The van der Waals surface area contributed by atoms with E-state index in [4.69, 9.17) is 0 Å². The van der Waals surface area contributed by atoms with Crippen molar-refractivity contribution in [1.82, 2.24) is 14.3 Å². The Balaban J connectivity index is 2.31. The highest BCUT2D eigenvalue weighted by atomic mass is 16.3. The Labute approximate surface area is 141 Å². The minimum atomic E-state index is -0.898. The van der Waals surface area contributed by atoms with Crippen molar-refractivity contribution in [3.8, 4) is 5.69 Å². The first kappa shape index (κ1) is 16.6. The molecule has 0 radical (unpaired) electrons. The molecule has 0 bridgehead atoms. The van der Waals surface area contributed by atoms with Gasteiger partial charge in [0.2, 0.25) is 0 Å². The molecule has 8 heteroatoms. The summed E-state index contributed by atoms with van der Waals surface area (Å²) in [6, 6.07) is 8.11. The molecule has 1 fully saturated rings. The third-order valence-electron chi connectivity index (χ3n) is 3.96. The van der Waals surface area contributed by atoms with E-state index in [1.807, 2.05) is 0 Å². The molecule has 0 aliphatic heterocycles. The molecule has 0 unspecified atom stereocenters. The number of Topliss-reactive ketones (excluding diaryl/α,β-unsaturated/α-hetero) is 2. The predicted octanol–water partition coefficient (Wildman–Crippen LogP) is 0.522. The molecular formula is C17H15N3O5. The minimum absolute atomic E-state index is 0.115. The van der Waals surface area contributed by atoms with Gasteiger partial charge in [-0.2, -0.15) is 5.10 Å². The fraction of sp³-hybridized carbons (Fsp3) is 0.235. The van der Waals surface area contributed by atoms with Gasteiger partial charge < -0.3 is 5.11 Å². The van der Waals surface area contributed by atoms with Gasteiger partial charge in [0.1, 0.15) is 5.57 Å². The Morgan fingerprint density at radius 3 is 2.24 bits per heavy atom. The lowest BCUT2D eigenvalue weighted by molar-refractivity contribution is -0.123. The Kier molecular flexibility index (Phi) is 4.18. The second kappa shape index (κ2) is 6.31. The van der Waals surface area contributed by atoms with Crippen molar-refractivity contribution in [2.24, 2.45) is 7.05 Å². The molecule has 128 valence electrons. The van der Waals surface area contributed by atoms with Crippen LogP contribution in [0.1, 0.15) is 25.0 Å². The highest BCUT2D eigenvalue weighted by Gasteiger charge is 2.30. The number of hydrogen-bond donors (Lipinski definition) is 1. The average molecular weight is 341 g/mol. The number of allylic oxidation sites excluding steroid dienone is 1. The summed E-state index contributed by atoms with van der Waals surface area (Å²) in [7, 11) is 1.31. The zero-order valence-corrected chi connectivity index (χ0v) is 13.4. The Bertz CT molecular complexity index is 997. The van der Waals surface area contributed by atoms with Crippen LogP contribution in [0.5, 0.6) is 0 Å². The largest absolute Gasteiger partial charge is 0.505 e. The standard InChI is InChI=1S/C17H15N3O5/c1-19-17(25)20(10-6-3-2-4-7-10)16(24)14(18-19)15(23)13-11(21)8-5-9-12(13)22/h2-4,6-7,23H,5,8-9H2,1H3. The van der Waals surface area contributed by atoms with E-state index in [2.05, 4.69) is 5.10 Å². The van der Waals surface area contributed by atoms with E-state index < -0.39 is 39.8 Å². The molecule has 0 saturated heterocycles. The summed E-state index contributed by atoms with van der Waals surface area (Å²) in [4.78, 5) is 49.0. The Morgan fingerprint density at radius 1 is 1.04 bits per heavy atom. The number of aliphatic hydroxyl groups is 1. The molecule has 1 aromatic heterocycles. The van der Waals surface area contributed by atoms with Gasteiger partial charge in [0.15, 0.2) is 23.0 Å². The van der Waals surface area contributed by atoms with Crippen molar-refractivity contribution < 1.29 is 14.7 Å². The van der Waals surface area contributed by atoms with Gasteiger partial charge in [0, 0.05) is 19.9 Å². The SMILES string of the molecule is Cn1nc(C(O)=C2C(=O)CCCC2=O)c(=O)n(-c2ccccc2)c1=O. The number of nitrogens with zero attached hydrogens (tertiary/aromatic N) is 3. The molecule has 0 atom stereocenters. The number of para-hydroxylation sites is 1. The van der Waals surface area contributed by atoms with Crippen molar-refractivity contribution in [1.29, 1.82) is 0 Å². The molecule has 1 heterocycles. The number of carbonyl (C=O) groups excluding carboxylic acids is 2. The van der Waals surface area contributed by atoms with Gasteiger partial charge in [-0.1, -0.05) is 18.2 Å². The second-order valence-corrected chi connectivity index (χ2v) is 5.65. The Hall–Kier alpha value is -3.29. The molecule has 25 heavy (non-hydrogen) atoms. The van der Waals surface area contributed by atoms with Crippen LogP contribution in [0.15, 0.2) is 45.5 Å². The first-order chi connectivity index (χ1) is 11.9. The third kappa shape index (κ3) is 2.82. The topological polar surface area (TPSA) is 111 Å².